The Kier molecular flexibility index (Phi) is 7.76. The predicted molar refractivity (Wildman–Crippen MR) is 241 cm³/mol. The van der Waals surface area contributed by atoms with Gasteiger partial charge in [0.05, 0.1) is 16.5 Å². The first-order chi connectivity index (χ1) is 30.0. The summed E-state index contributed by atoms with van der Waals surface area (Å²) in [7, 11) is 0. The van der Waals surface area contributed by atoms with Crippen molar-refractivity contribution in [3.05, 3.63) is 236 Å². The Hall–Kier alpha value is -7.62. The van der Waals surface area contributed by atoms with Crippen LogP contribution < -0.4 is 9.80 Å². The molecule has 1 heterocycles. The zero-order valence-electron chi connectivity index (χ0n) is 35.0. The summed E-state index contributed by atoms with van der Waals surface area (Å²) in [5, 5.41) is 2.19. The van der Waals surface area contributed by atoms with Gasteiger partial charge >= 0.3 is 0 Å². The molecule has 0 saturated heterocycles. The topological polar surface area (TPSA) is 11.4 Å². The molecule has 57 heavy (non-hydrogen) atoms. The SMILES string of the molecule is [2H]c1c([2H])c(N(c2ccccc2)c2ccc3c4ccccc4n(-c4ccccc4)c3c2)c([2H])c([2H])c1-c1ccc(-c2ccc(N(c3ccccc3)c3ccccc3)cc2)cc1. The van der Waals surface area contributed by atoms with Gasteiger partial charge in [-0.3, -0.25) is 0 Å². The lowest BCUT2D eigenvalue weighted by molar-refractivity contribution is 1.18. The van der Waals surface area contributed by atoms with Gasteiger partial charge in [-0.05, 0) is 113 Å². The minimum absolute atomic E-state index is 0.101. The molecule has 270 valence electrons. The van der Waals surface area contributed by atoms with Gasteiger partial charge in [0.25, 0.3) is 0 Å². The molecule has 0 aliphatic carbocycles. The third-order valence-electron chi connectivity index (χ3n) is 10.4. The second-order valence-corrected chi connectivity index (χ2v) is 13.9. The fourth-order valence-electron chi connectivity index (χ4n) is 7.73. The van der Waals surface area contributed by atoms with Crippen LogP contribution in [0.5, 0.6) is 0 Å². The van der Waals surface area contributed by atoms with E-state index in [0.29, 0.717) is 5.56 Å². The number of hydrogen-bond donors (Lipinski definition) is 0. The van der Waals surface area contributed by atoms with E-state index in [0.717, 1.165) is 67.1 Å². The molecular formula is C54H39N3. The summed E-state index contributed by atoms with van der Waals surface area (Å²) in [6.07, 6.45) is 0. The molecule has 3 nitrogen and oxygen atoms in total. The van der Waals surface area contributed by atoms with Crippen LogP contribution in [0.4, 0.5) is 34.1 Å². The summed E-state index contributed by atoms with van der Waals surface area (Å²) in [6.45, 7) is 0. The summed E-state index contributed by atoms with van der Waals surface area (Å²) in [5.74, 6) is 0. The Labute approximate surface area is 339 Å². The number of nitrogens with zero attached hydrogens (tertiary/aromatic N) is 3. The van der Waals surface area contributed by atoms with E-state index in [1.807, 2.05) is 132 Å². The summed E-state index contributed by atoms with van der Waals surface area (Å²) >= 11 is 0. The molecule has 0 saturated carbocycles. The van der Waals surface area contributed by atoms with Crippen LogP contribution in [0.3, 0.4) is 0 Å². The molecule has 3 heteroatoms. The lowest BCUT2D eigenvalue weighted by Crippen LogP contribution is -2.10. The Morgan fingerprint density at radius 3 is 1.26 bits per heavy atom. The highest BCUT2D eigenvalue weighted by Crippen LogP contribution is 2.41. The number of para-hydroxylation sites is 5. The van der Waals surface area contributed by atoms with E-state index >= 15 is 0 Å². The summed E-state index contributed by atoms with van der Waals surface area (Å²) in [6, 6.07) is 70.7. The van der Waals surface area contributed by atoms with Crippen LogP contribution in [0.15, 0.2) is 236 Å². The van der Waals surface area contributed by atoms with Gasteiger partial charge < -0.3 is 14.4 Å². The van der Waals surface area contributed by atoms with Crippen molar-refractivity contribution in [1.29, 1.82) is 0 Å². The lowest BCUT2D eigenvalue weighted by Gasteiger charge is -2.26. The van der Waals surface area contributed by atoms with E-state index in [1.54, 1.807) is 0 Å². The van der Waals surface area contributed by atoms with Gasteiger partial charge in [0.2, 0.25) is 0 Å². The molecule has 9 aromatic carbocycles. The molecule has 0 atom stereocenters. The number of aromatic nitrogens is 1. The van der Waals surface area contributed by atoms with Gasteiger partial charge in [-0.15, -0.1) is 0 Å². The Morgan fingerprint density at radius 1 is 0.298 bits per heavy atom. The highest BCUT2D eigenvalue weighted by molar-refractivity contribution is 6.10. The highest BCUT2D eigenvalue weighted by Gasteiger charge is 2.18. The van der Waals surface area contributed by atoms with E-state index in [4.69, 9.17) is 0 Å². The first kappa shape index (κ1) is 29.7. The van der Waals surface area contributed by atoms with Gasteiger partial charge in [0, 0.05) is 50.6 Å². The molecule has 0 aliphatic heterocycles. The predicted octanol–water partition coefficient (Wildman–Crippen LogP) is 15.1. The molecule has 10 rings (SSSR count). The lowest BCUT2D eigenvalue weighted by atomic mass is 9.99. The average Bonchev–Trinajstić information content (AvgIpc) is 3.65. The fourth-order valence-corrected chi connectivity index (χ4v) is 7.73. The van der Waals surface area contributed by atoms with Crippen LogP contribution in [0.1, 0.15) is 5.48 Å². The molecule has 0 fully saturated rings. The van der Waals surface area contributed by atoms with Gasteiger partial charge in [0.15, 0.2) is 0 Å². The largest absolute Gasteiger partial charge is 0.311 e. The standard InChI is InChI=1S/C54H39N3/c1-5-15-44(16-6-1)55(45-17-7-2-8-18-45)48-33-29-42(30-34-48)40-25-27-41(28-26-40)43-31-35-49(36-32-43)56(46-19-9-3-10-20-46)50-37-38-52-51-23-13-14-24-53(51)57(54(52)39-50)47-21-11-4-12-22-47/h1-39H/i31D,32D,35D,36D. The maximum absolute atomic E-state index is 9.49. The van der Waals surface area contributed by atoms with Gasteiger partial charge in [-0.1, -0.05) is 146 Å². The molecule has 10 aromatic rings. The minimum atomic E-state index is -0.121. The van der Waals surface area contributed by atoms with E-state index in [2.05, 4.69) is 94.4 Å². The summed E-state index contributed by atoms with van der Waals surface area (Å²) in [4.78, 5) is 4.07. The van der Waals surface area contributed by atoms with Crippen molar-refractivity contribution in [3.8, 4) is 27.9 Å². The molecule has 0 bridgehead atoms. The number of anilines is 6. The number of hydrogen-bond acceptors (Lipinski definition) is 2. The molecule has 0 unspecified atom stereocenters. The Balaban J connectivity index is 1.03. The smallest absolute Gasteiger partial charge is 0.0645 e. The molecule has 1 aromatic heterocycles. The van der Waals surface area contributed by atoms with Crippen molar-refractivity contribution in [2.75, 3.05) is 9.80 Å². The van der Waals surface area contributed by atoms with Crippen LogP contribution in [0.2, 0.25) is 0 Å². The maximum atomic E-state index is 9.49. The van der Waals surface area contributed by atoms with Gasteiger partial charge in [-0.25, -0.2) is 0 Å². The van der Waals surface area contributed by atoms with Crippen LogP contribution in [-0.4, -0.2) is 4.57 Å². The number of rotatable bonds is 9. The first-order valence-corrected chi connectivity index (χ1v) is 19.1. The van der Waals surface area contributed by atoms with Gasteiger partial charge in [-0.2, -0.15) is 0 Å². The summed E-state index contributed by atoms with van der Waals surface area (Å²) < 4.78 is 40.0. The molecule has 0 radical (unpaired) electrons. The Morgan fingerprint density at radius 2 is 0.702 bits per heavy atom. The van der Waals surface area contributed by atoms with Crippen molar-refractivity contribution in [3.63, 3.8) is 0 Å². The molecule has 0 spiro atoms. The number of benzene rings is 9. The summed E-state index contributed by atoms with van der Waals surface area (Å²) in [5.41, 5.74) is 10.7. The van der Waals surface area contributed by atoms with E-state index in [9.17, 15) is 5.48 Å². The quantitative estimate of drug-likeness (QED) is 0.146. The van der Waals surface area contributed by atoms with Crippen molar-refractivity contribution >= 4 is 55.9 Å². The number of fused-ring (bicyclic) bond motifs is 3. The zero-order chi connectivity index (χ0) is 41.5. The zero-order valence-corrected chi connectivity index (χ0v) is 31.0. The van der Waals surface area contributed by atoms with Crippen LogP contribution in [0, 0.1) is 0 Å². The molecular weight excluding hydrogens is 691 g/mol. The van der Waals surface area contributed by atoms with Crippen molar-refractivity contribution in [2.45, 2.75) is 0 Å². The van der Waals surface area contributed by atoms with Crippen LogP contribution in [-0.2, 0) is 0 Å². The molecule has 0 aliphatic rings. The van der Waals surface area contributed by atoms with Crippen LogP contribution >= 0.6 is 0 Å². The fraction of sp³-hybridized carbons (Fsp3) is 0. The van der Waals surface area contributed by atoms with E-state index in [1.165, 1.54) is 0 Å². The van der Waals surface area contributed by atoms with Gasteiger partial charge in [0.1, 0.15) is 0 Å². The van der Waals surface area contributed by atoms with E-state index in [-0.39, 0.29) is 35.4 Å². The maximum Gasteiger partial charge on any atom is 0.0645 e. The monoisotopic (exact) mass is 733 g/mol. The van der Waals surface area contributed by atoms with Crippen molar-refractivity contribution in [2.24, 2.45) is 0 Å². The third-order valence-corrected chi connectivity index (χ3v) is 10.4. The second-order valence-electron chi connectivity index (χ2n) is 13.9. The van der Waals surface area contributed by atoms with Crippen molar-refractivity contribution < 1.29 is 5.48 Å². The van der Waals surface area contributed by atoms with Crippen LogP contribution in [0.25, 0.3) is 49.7 Å². The minimum Gasteiger partial charge on any atom is -0.311 e. The first-order valence-electron chi connectivity index (χ1n) is 21.1. The normalized spacial score (nSPS) is 12.1. The van der Waals surface area contributed by atoms with Crippen molar-refractivity contribution in [1.82, 2.24) is 4.57 Å². The third kappa shape index (κ3) is 6.52. The van der Waals surface area contributed by atoms with E-state index < -0.39 is 0 Å². The Bertz CT molecular complexity index is 3090. The molecule has 0 N–H and O–H groups in total. The second kappa shape index (κ2) is 14.9. The highest BCUT2D eigenvalue weighted by atomic mass is 15.1. The molecule has 0 amide bonds. The average molecular weight is 734 g/mol.